The summed E-state index contributed by atoms with van der Waals surface area (Å²) in [7, 11) is 1.42. The van der Waals surface area contributed by atoms with Crippen LogP contribution in [0.5, 0.6) is 0 Å². The monoisotopic (exact) mass is 522 g/mol. The number of cyclic esters (lactones) is 1. The van der Waals surface area contributed by atoms with E-state index in [2.05, 4.69) is 10.6 Å². The number of carbonyl (C=O) groups is 3. The van der Waals surface area contributed by atoms with Gasteiger partial charge in [0.25, 0.3) is 0 Å². The number of hydrogen-bond donors (Lipinski definition) is 3. The average molecular weight is 523 g/mol. The largest absolute Gasteiger partial charge is 0.490 e. The SMILES string of the molecule is COC1=CC[C@@H]([C@@H](C)/C=C\C=C\C(=O)N[C@H](C(=O)N/C=C\C[C@@H](O)C/C=C(\C)Cl)C(C)(C)C)OC1=O. The number of esters is 1. The predicted molar refractivity (Wildman–Crippen MR) is 141 cm³/mol. The fourth-order valence-corrected chi connectivity index (χ4v) is 3.34. The van der Waals surface area contributed by atoms with Crippen molar-refractivity contribution in [1.82, 2.24) is 10.6 Å². The molecule has 0 aromatic heterocycles. The number of nitrogens with one attached hydrogen (secondary N) is 2. The van der Waals surface area contributed by atoms with Gasteiger partial charge < -0.3 is 25.2 Å². The fraction of sp³-hybridized carbons (Fsp3) is 0.519. The van der Waals surface area contributed by atoms with E-state index in [0.717, 1.165) is 0 Å². The molecule has 200 valence electrons. The van der Waals surface area contributed by atoms with E-state index in [1.54, 1.807) is 37.3 Å². The van der Waals surface area contributed by atoms with Gasteiger partial charge >= 0.3 is 5.97 Å². The summed E-state index contributed by atoms with van der Waals surface area (Å²) in [5.41, 5.74) is -0.534. The molecule has 0 saturated carbocycles. The van der Waals surface area contributed by atoms with Crippen LogP contribution in [0.25, 0.3) is 0 Å². The first-order valence-corrected chi connectivity index (χ1v) is 12.3. The summed E-state index contributed by atoms with van der Waals surface area (Å²) >= 11 is 5.75. The molecule has 0 aliphatic carbocycles. The highest BCUT2D eigenvalue weighted by atomic mass is 35.5. The lowest BCUT2D eigenvalue weighted by Gasteiger charge is -2.29. The van der Waals surface area contributed by atoms with Crippen LogP contribution in [0.3, 0.4) is 0 Å². The van der Waals surface area contributed by atoms with E-state index in [0.29, 0.717) is 24.3 Å². The van der Waals surface area contributed by atoms with Gasteiger partial charge in [-0.25, -0.2) is 4.79 Å². The second kappa shape index (κ2) is 15.3. The van der Waals surface area contributed by atoms with E-state index < -0.39 is 29.4 Å². The number of aliphatic hydroxyl groups is 1. The summed E-state index contributed by atoms with van der Waals surface area (Å²) in [4.78, 5) is 36.9. The van der Waals surface area contributed by atoms with E-state index in [9.17, 15) is 19.5 Å². The van der Waals surface area contributed by atoms with Gasteiger partial charge in [-0.3, -0.25) is 9.59 Å². The second-order valence-electron chi connectivity index (χ2n) is 9.69. The third-order valence-corrected chi connectivity index (χ3v) is 5.57. The van der Waals surface area contributed by atoms with Crippen LogP contribution in [-0.4, -0.2) is 48.2 Å². The lowest BCUT2D eigenvalue weighted by atomic mass is 9.86. The molecule has 3 N–H and O–H groups in total. The molecule has 0 bridgehead atoms. The first kappa shape index (κ1) is 31.2. The molecule has 1 aliphatic heterocycles. The smallest absolute Gasteiger partial charge is 0.373 e. The van der Waals surface area contributed by atoms with Crippen molar-refractivity contribution in [3.63, 3.8) is 0 Å². The molecule has 1 rings (SSSR count). The lowest BCUT2D eigenvalue weighted by molar-refractivity contribution is -0.151. The maximum Gasteiger partial charge on any atom is 0.373 e. The van der Waals surface area contributed by atoms with Crippen molar-refractivity contribution in [2.75, 3.05) is 7.11 Å². The van der Waals surface area contributed by atoms with E-state index in [1.807, 2.05) is 33.8 Å². The highest BCUT2D eigenvalue weighted by molar-refractivity contribution is 6.29. The van der Waals surface area contributed by atoms with Gasteiger partial charge in [0, 0.05) is 23.4 Å². The number of halogens is 1. The van der Waals surface area contributed by atoms with Gasteiger partial charge in [0.2, 0.25) is 11.8 Å². The Bertz CT molecular complexity index is 910. The van der Waals surface area contributed by atoms with E-state index in [4.69, 9.17) is 21.1 Å². The third-order valence-electron chi connectivity index (χ3n) is 5.41. The molecule has 1 aliphatic rings. The molecule has 1 heterocycles. The van der Waals surface area contributed by atoms with E-state index >= 15 is 0 Å². The molecule has 0 unspecified atom stereocenters. The Hall–Kier alpha value is -2.84. The van der Waals surface area contributed by atoms with Crippen LogP contribution in [0, 0.1) is 11.3 Å². The third kappa shape index (κ3) is 11.7. The van der Waals surface area contributed by atoms with Crippen molar-refractivity contribution in [2.45, 2.75) is 72.1 Å². The quantitative estimate of drug-likeness (QED) is 0.202. The first-order valence-electron chi connectivity index (χ1n) is 11.9. The van der Waals surface area contributed by atoms with Crippen molar-refractivity contribution < 1.29 is 29.0 Å². The minimum Gasteiger partial charge on any atom is -0.490 e. The average Bonchev–Trinajstić information content (AvgIpc) is 2.80. The Morgan fingerprint density at radius 2 is 2.00 bits per heavy atom. The molecule has 4 atom stereocenters. The van der Waals surface area contributed by atoms with Crippen LogP contribution in [0.2, 0.25) is 0 Å². The number of ether oxygens (including phenoxy) is 2. The Kier molecular flexibility index (Phi) is 13.3. The van der Waals surface area contributed by atoms with Crippen LogP contribution in [0.4, 0.5) is 0 Å². The number of amides is 2. The summed E-state index contributed by atoms with van der Waals surface area (Å²) < 4.78 is 10.3. The van der Waals surface area contributed by atoms with Gasteiger partial charge in [-0.2, -0.15) is 0 Å². The zero-order valence-corrected chi connectivity index (χ0v) is 22.7. The summed E-state index contributed by atoms with van der Waals surface area (Å²) in [6.07, 6.45) is 13.4. The molecule has 0 saturated heterocycles. The molecule has 2 amide bonds. The number of carbonyl (C=O) groups excluding carboxylic acids is 3. The molecule has 0 radical (unpaired) electrons. The van der Waals surface area contributed by atoms with Crippen LogP contribution < -0.4 is 10.6 Å². The summed E-state index contributed by atoms with van der Waals surface area (Å²) in [5, 5.41) is 15.9. The van der Waals surface area contributed by atoms with Crippen molar-refractivity contribution >= 4 is 29.4 Å². The zero-order valence-electron chi connectivity index (χ0n) is 21.9. The summed E-state index contributed by atoms with van der Waals surface area (Å²) in [5.74, 6) is -1.12. The highest BCUT2D eigenvalue weighted by Gasteiger charge is 2.32. The Balaban J connectivity index is 2.60. The van der Waals surface area contributed by atoms with Crippen LogP contribution in [-0.2, 0) is 23.9 Å². The summed E-state index contributed by atoms with van der Waals surface area (Å²) in [6.45, 7) is 9.21. The van der Waals surface area contributed by atoms with Gasteiger partial charge in [-0.05, 0) is 37.5 Å². The molecular formula is C27H39ClN2O6. The highest BCUT2D eigenvalue weighted by Crippen LogP contribution is 2.22. The van der Waals surface area contributed by atoms with Gasteiger partial charge in [0.15, 0.2) is 5.76 Å². The maximum atomic E-state index is 12.7. The number of methoxy groups -OCH3 is 1. The van der Waals surface area contributed by atoms with Crippen LogP contribution in [0.1, 0.15) is 53.9 Å². The number of hydrogen-bond acceptors (Lipinski definition) is 6. The molecule has 8 nitrogen and oxygen atoms in total. The van der Waals surface area contributed by atoms with Gasteiger partial charge in [0.05, 0.1) is 13.2 Å². The summed E-state index contributed by atoms with van der Waals surface area (Å²) in [6, 6.07) is -0.780. The Morgan fingerprint density at radius 3 is 2.58 bits per heavy atom. The van der Waals surface area contributed by atoms with Crippen molar-refractivity contribution in [1.29, 1.82) is 0 Å². The molecule has 0 aromatic carbocycles. The predicted octanol–water partition coefficient (Wildman–Crippen LogP) is 4.03. The normalized spacial score (nSPS) is 19.7. The molecule has 0 aromatic rings. The first-order chi connectivity index (χ1) is 16.8. The van der Waals surface area contributed by atoms with Gasteiger partial charge in [0.1, 0.15) is 12.1 Å². The molecule has 36 heavy (non-hydrogen) atoms. The molecule has 0 spiro atoms. The Morgan fingerprint density at radius 1 is 1.31 bits per heavy atom. The number of aliphatic hydroxyl groups excluding tert-OH is 1. The van der Waals surface area contributed by atoms with Crippen molar-refractivity contribution in [2.24, 2.45) is 11.3 Å². The van der Waals surface area contributed by atoms with E-state index in [-0.39, 0.29) is 23.7 Å². The Labute approximate surface area is 219 Å². The lowest BCUT2D eigenvalue weighted by Crippen LogP contribution is -2.52. The van der Waals surface area contributed by atoms with Crippen molar-refractivity contribution in [3.05, 3.63) is 59.5 Å². The molecule has 9 heteroatoms. The molecular weight excluding hydrogens is 484 g/mol. The van der Waals surface area contributed by atoms with Crippen LogP contribution in [0.15, 0.2) is 59.5 Å². The van der Waals surface area contributed by atoms with Gasteiger partial charge in [-0.1, -0.05) is 69.7 Å². The van der Waals surface area contributed by atoms with Crippen molar-refractivity contribution in [3.8, 4) is 0 Å². The second-order valence-corrected chi connectivity index (χ2v) is 10.3. The zero-order chi connectivity index (χ0) is 27.3. The number of allylic oxidation sites excluding steroid dienone is 3. The topological polar surface area (TPSA) is 114 Å². The van der Waals surface area contributed by atoms with Gasteiger partial charge in [-0.15, -0.1) is 0 Å². The number of rotatable bonds is 12. The van der Waals surface area contributed by atoms with Crippen LogP contribution >= 0.6 is 11.6 Å². The minimum absolute atomic E-state index is 0.0651. The van der Waals surface area contributed by atoms with E-state index in [1.165, 1.54) is 19.4 Å². The fourth-order valence-electron chi connectivity index (χ4n) is 3.26. The molecule has 0 fully saturated rings. The maximum absolute atomic E-state index is 12.7. The minimum atomic E-state index is -0.780. The standard InChI is InChI=1S/C27H39ClN2O6/c1-18(21-15-16-22(35-6)26(34)36-21)10-7-8-12-23(32)30-24(27(3,4)5)25(33)29-17-9-11-20(31)14-13-19(2)28/h7-10,12-13,16-18,20-21,24,31H,11,14-15H2,1-6H3,(H,29,33)(H,30,32)/b10-7-,12-8+,17-9-,19-13+/t18-,20+,21-,24+/m0/s1.